The SMILES string of the molecule is Cc1ccc(-c2nc(NC(=O)/C(C#N)=C/c3ccc(C(C)C)cc3)sc2C)cc1. The highest BCUT2D eigenvalue weighted by Crippen LogP contribution is 2.30. The number of aromatic nitrogens is 1. The molecule has 4 nitrogen and oxygen atoms in total. The summed E-state index contributed by atoms with van der Waals surface area (Å²) in [7, 11) is 0. The lowest BCUT2D eigenvalue weighted by molar-refractivity contribution is -0.112. The van der Waals surface area contributed by atoms with Gasteiger partial charge in [-0.3, -0.25) is 10.1 Å². The molecule has 0 saturated carbocycles. The van der Waals surface area contributed by atoms with Gasteiger partial charge in [0.15, 0.2) is 5.13 Å². The van der Waals surface area contributed by atoms with Crippen LogP contribution in [0.15, 0.2) is 54.1 Å². The predicted molar refractivity (Wildman–Crippen MR) is 120 cm³/mol. The Hall–Kier alpha value is -3.23. The summed E-state index contributed by atoms with van der Waals surface area (Å²) in [6, 6.07) is 18.0. The second-order valence-corrected chi connectivity index (χ2v) is 8.44. The Morgan fingerprint density at radius 2 is 1.76 bits per heavy atom. The second-order valence-electron chi connectivity index (χ2n) is 7.24. The number of rotatable bonds is 5. The maximum atomic E-state index is 12.6. The minimum Gasteiger partial charge on any atom is -0.297 e. The van der Waals surface area contributed by atoms with Crippen LogP contribution in [-0.2, 0) is 4.79 Å². The first-order chi connectivity index (χ1) is 13.9. The molecule has 3 rings (SSSR count). The van der Waals surface area contributed by atoms with Crippen molar-refractivity contribution in [1.82, 2.24) is 4.98 Å². The summed E-state index contributed by atoms with van der Waals surface area (Å²) in [5.41, 5.74) is 5.11. The Labute approximate surface area is 175 Å². The van der Waals surface area contributed by atoms with Crippen molar-refractivity contribution in [1.29, 1.82) is 5.26 Å². The van der Waals surface area contributed by atoms with Crippen LogP contribution in [0.2, 0.25) is 0 Å². The summed E-state index contributed by atoms with van der Waals surface area (Å²) in [4.78, 5) is 18.2. The minimum atomic E-state index is -0.454. The predicted octanol–water partition coefficient (Wildman–Crippen LogP) is 6.10. The molecule has 0 aliphatic rings. The van der Waals surface area contributed by atoms with E-state index in [1.807, 2.05) is 68.4 Å². The van der Waals surface area contributed by atoms with Crippen molar-refractivity contribution in [3.8, 4) is 17.3 Å². The van der Waals surface area contributed by atoms with Gasteiger partial charge in [-0.25, -0.2) is 4.98 Å². The van der Waals surface area contributed by atoms with E-state index >= 15 is 0 Å². The highest BCUT2D eigenvalue weighted by atomic mass is 32.1. The molecule has 1 amide bonds. The lowest BCUT2D eigenvalue weighted by Crippen LogP contribution is -2.13. The standard InChI is InChI=1S/C24H23N3OS/c1-15(2)19-11-7-18(8-12-19)13-21(14-25)23(28)27-24-26-22(17(4)29-24)20-9-5-16(3)6-10-20/h5-13,15H,1-4H3,(H,26,27,28)/b21-13+. The monoisotopic (exact) mass is 401 g/mol. The maximum absolute atomic E-state index is 12.6. The first-order valence-corrected chi connectivity index (χ1v) is 10.3. The number of hydrogen-bond acceptors (Lipinski definition) is 4. The molecule has 0 bridgehead atoms. The molecular formula is C24H23N3OS. The number of nitriles is 1. The van der Waals surface area contributed by atoms with E-state index in [9.17, 15) is 10.1 Å². The first-order valence-electron chi connectivity index (χ1n) is 9.45. The molecule has 0 fully saturated rings. The van der Waals surface area contributed by atoms with Gasteiger partial charge in [0.25, 0.3) is 5.91 Å². The van der Waals surface area contributed by atoms with Gasteiger partial charge in [-0.05, 0) is 37.0 Å². The van der Waals surface area contributed by atoms with Gasteiger partial charge in [-0.2, -0.15) is 5.26 Å². The number of benzene rings is 2. The Morgan fingerprint density at radius 3 is 2.34 bits per heavy atom. The number of nitrogens with one attached hydrogen (secondary N) is 1. The molecule has 146 valence electrons. The normalized spacial score (nSPS) is 11.4. The van der Waals surface area contributed by atoms with Gasteiger partial charge in [0.2, 0.25) is 0 Å². The van der Waals surface area contributed by atoms with Crippen LogP contribution in [0.5, 0.6) is 0 Å². The van der Waals surface area contributed by atoms with Crippen molar-refractivity contribution in [3.63, 3.8) is 0 Å². The average Bonchev–Trinajstić information content (AvgIpc) is 3.06. The van der Waals surface area contributed by atoms with Gasteiger partial charge in [-0.1, -0.05) is 67.9 Å². The minimum absolute atomic E-state index is 0.0482. The van der Waals surface area contributed by atoms with Gasteiger partial charge in [-0.15, -0.1) is 11.3 Å². The van der Waals surface area contributed by atoms with Gasteiger partial charge >= 0.3 is 0 Å². The van der Waals surface area contributed by atoms with Crippen LogP contribution >= 0.6 is 11.3 Å². The fraction of sp³-hybridized carbons (Fsp3) is 0.208. The second kappa shape index (κ2) is 8.85. The van der Waals surface area contributed by atoms with Crippen molar-refractivity contribution in [2.45, 2.75) is 33.6 Å². The summed E-state index contributed by atoms with van der Waals surface area (Å²) in [6.45, 7) is 8.26. The zero-order valence-corrected chi connectivity index (χ0v) is 17.8. The molecule has 0 aliphatic heterocycles. The maximum Gasteiger partial charge on any atom is 0.268 e. The van der Waals surface area contributed by atoms with Crippen molar-refractivity contribution in [2.75, 3.05) is 5.32 Å². The van der Waals surface area contributed by atoms with Crippen LogP contribution in [0.3, 0.4) is 0 Å². The van der Waals surface area contributed by atoms with E-state index in [4.69, 9.17) is 0 Å². The summed E-state index contributed by atoms with van der Waals surface area (Å²) in [5.74, 6) is -0.0210. The number of carbonyl (C=O) groups excluding carboxylic acids is 1. The first kappa shape index (κ1) is 20.5. The third-order valence-corrected chi connectivity index (χ3v) is 5.51. The van der Waals surface area contributed by atoms with Crippen LogP contribution in [0, 0.1) is 25.2 Å². The number of anilines is 1. The van der Waals surface area contributed by atoms with Crippen molar-refractivity contribution in [2.24, 2.45) is 0 Å². The van der Waals surface area contributed by atoms with E-state index in [2.05, 4.69) is 24.1 Å². The van der Waals surface area contributed by atoms with E-state index in [1.165, 1.54) is 22.5 Å². The molecule has 1 N–H and O–H groups in total. The fourth-order valence-corrected chi connectivity index (χ4v) is 3.72. The van der Waals surface area contributed by atoms with Crippen molar-refractivity contribution >= 4 is 28.5 Å². The number of thiazole rings is 1. The van der Waals surface area contributed by atoms with Crippen LogP contribution in [0.25, 0.3) is 17.3 Å². The molecule has 1 heterocycles. The van der Waals surface area contributed by atoms with Gasteiger partial charge < -0.3 is 0 Å². The van der Waals surface area contributed by atoms with Crippen LogP contribution in [0.1, 0.15) is 41.3 Å². The van der Waals surface area contributed by atoms with Crippen LogP contribution < -0.4 is 5.32 Å². The summed E-state index contributed by atoms with van der Waals surface area (Å²) in [5, 5.41) is 12.7. The summed E-state index contributed by atoms with van der Waals surface area (Å²) in [6.07, 6.45) is 1.60. The fourth-order valence-electron chi connectivity index (χ4n) is 2.89. The molecule has 0 aliphatic carbocycles. The van der Waals surface area contributed by atoms with Crippen molar-refractivity contribution in [3.05, 3.63) is 75.7 Å². The number of nitrogens with zero attached hydrogens (tertiary/aromatic N) is 2. The number of hydrogen-bond donors (Lipinski definition) is 1. The molecule has 0 saturated heterocycles. The summed E-state index contributed by atoms with van der Waals surface area (Å²) < 4.78 is 0. The quantitative estimate of drug-likeness (QED) is 0.415. The molecule has 3 aromatic rings. The van der Waals surface area contributed by atoms with Gasteiger partial charge in [0.05, 0.1) is 5.69 Å². The molecule has 0 unspecified atom stereocenters. The molecule has 2 aromatic carbocycles. The molecule has 1 aromatic heterocycles. The summed E-state index contributed by atoms with van der Waals surface area (Å²) >= 11 is 1.40. The van der Waals surface area contributed by atoms with Crippen LogP contribution in [0.4, 0.5) is 5.13 Å². The highest BCUT2D eigenvalue weighted by Gasteiger charge is 2.15. The Bertz CT molecular complexity index is 1080. The van der Waals surface area contributed by atoms with E-state index < -0.39 is 5.91 Å². The Kier molecular flexibility index (Phi) is 6.26. The van der Waals surface area contributed by atoms with Gasteiger partial charge in [0.1, 0.15) is 11.6 Å². The lowest BCUT2D eigenvalue weighted by atomic mass is 10.0. The van der Waals surface area contributed by atoms with E-state index in [-0.39, 0.29) is 5.57 Å². The largest absolute Gasteiger partial charge is 0.297 e. The molecule has 0 radical (unpaired) electrons. The third-order valence-electron chi connectivity index (χ3n) is 4.62. The number of aryl methyl sites for hydroxylation is 2. The van der Waals surface area contributed by atoms with E-state index in [0.717, 1.165) is 21.7 Å². The zero-order chi connectivity index (χ0) is 21.0. The van der Waals surface area contributed by atoms with Crippen LogP contribution in [-0.4, -0.2) is 10.9 Å². The average molecular weight is 402 g/mol. The van der Waals surface area contributed by atoms with Crippen molar-refractivity contribution < 1.29 is 4.79 Å². The molecule has 5 heteroatoms. The molecule has 29 heavy (non-hydrogen) atoms. The molecule has 0 spiro atoms. The zero-order valence-electron chi connectivity index (χ0n) is 17.0. The third kappa shape index (κ3) is 4.98. The molecular weight excluding hydrogens is 378 g/mol. The lowest BCUT2D eigenvalue weighted by Gasteiger charge is -2.05. The number of amides is 1. The van der Waals surface area contributed by atoms with E-state index in [0.29, 0.717) is 11.0 Å². The van der Waals surface area contributed by atoms with E-state index in [1.54, 1.807) is 6.08 Å². The molecule has 0 atom stereocenters. The smallest absolute Gasteiger partial charge is 0.268 e. The number of carbonyl (C=O) groups is 1. The topological polar surface area (TPSA) is 65.8 Å². The Balaban J connectivity index is 1.78. The Morgan fingerprint density at radius 1 is 1.10 bits per heavy atom. The highest BCUT2D eigenvalue weighted by molar-refractivity contribution is 7.16. The van der Waals surface area contributed by atoms with Gasteiger partial charge in [0, 0.05) is 10.4 Å².